The maximum absolute atomic E-state index is 9.73. The van der Waals surface area contributed by atoms with Crippen molar-refractivity contribution in [3.63, 3.8) is 0 Å². The minimum Gasteiger partial charge on any atom is -0.312 e. The highest BCUT2D eigenvalue weighted by molar-refractivity contribution is 7.94. The zero-order valence-electron chi connectivity index (χ0n) is 4.63. The van der Waals surface area contributed by atoms with Crippen LogP contribution in [-0.4, -0.2) is 19.0 Å². The highest BCUT2D eigenvalue weighted by atomic mass is 32.2. The van der Waals surface area contributed by atoms with Gasteiger partial charge in [-0.1, -0.05) is 6.08 Å². The lowest BCUT2D eigenvalue weighted by Gasteiger charge is -1.93. The standard InChI is InChI=1S/C5H9O2S/c1-2-5-8-7-4-3-6/h2H,1,3-5H2. The van der Waals surface area contributed by atoms with Gasteiger partial charge in [-0.05, 0) is 12.0 Å². The molecule has 0 atom stereocenters. The topological polar surface area (TPSA) is 29.1 Å². The molecule has 0 aliphatic rings. The summed E-state index contributed by atoms with van der Waals surface area (Å²) in [5, 5.41) is 9.73. The van der Waals surface area contributed by atoms with E-state index in [1.807, 2.05) is 0 Å². The second-order valence-electron chi connectivity index (χ2n) is 1.10. The molecule has 0 rings (SSSR count). The predicted molar refractivity (Wildman–Crippen MR) is 34.2 cm³/mol. The molecule has 0 spiro atoms. The molecule has 0 amide bonds. The molecule has 0 bridgehead atoms. The summed E-state index contributed by atoms with van der Waals surface area (Å²) < 4.78 is 4.76. The van der Waals surface area contributed by atoms with Crippen LogP contribution in [0.5, 0.6) is 0 Å². The summed E-state index contributed by atoms with van der Waals surface area (Å²) >= 11 is 1.26. The monoisotopic (exact) mass is 133 g/mol. The normalized spacial score (nSPS) is 9.12. The molecule has 1 radical (unpaired) electrons. The van der Waals surface area contributed by atoms with E-state index in [0.717, 1.165) is 5.75 Å². The van der Waals surface area contributed by atoms with E-state index < -0.39 is 0 Å². The molecule has 0 aromatic heterocycles. The Kier molecular flexibility index (Phi) is 7.02. The average Bonchev–Trinajstić information content (AvgIpc) is 1.81. The lowest BCUT2D eigenvalue weighted by Crippen LogP contribution is -1.90. The van der Waals surface area contributed by atoms with Crippen LogP contribution in [0.15, 0.2) is 12.7 Å². The maximum atomic E-state index is 9.73. The van der Waals surface area contributed by atoms with Crippen molar-refractivity contribution < 1.29 is 9.29 Å². The molecule has 0 unspecified atom stereocenters. The van der Waals surface area contributed by atoms with Crippen LogP contribution in [0.2, 0.25) is 0 Å². The Balaban J connectivity index is 2.62. The van der Waals surface area contributed by atoms with Gasteiger partial charge in [-0.2, -0.15) is 0 Å². The van der Waals surface area contributed by atoms with Crippen LogP contribution in [-0.2, 0) is 9.29 Å². The van der Waals surface area contributed by atoms with Crippen molar-refractivity contribution >= 4 is 12.0 Å². The van der Waals surface area contributed by atoms with Gasteiger partial charge in [0.25, 0.3) is 0 Å². The van der Waals surface area contributed by atoms with Crippen molar-refractivity contribution in [3.8, 4) is 0 Å². The number of hydrogen-bond donors (Lipinski definition) is 0. The molecule has 0 aliphatic heterocycles. The van der Waals surface area contributed by atoms with Crippen molar-refractivity contribution in [3.05, 3.63) is 12.7 Å². The quantitative estimate of drug-likeness (QED) is 0.321. The van der Waals surface area contributed by atoms with Gasteiger partial charge >= 0.3 is 0 Å². The van der Waals surface area contributed by atoms with E-state index in [-0.39, 0.29) is 6.61 Å². The van der Waals surface area contributed by atoms with E-state index in [0.29, 0.717) is 6.61 Å². The van der Waals surface area contributed by atoms with E-state index >= 15 is 0 Å². The van der Waals surface area contributed by atoms with Crippen LogP contribution < -0.4 is 0 Å². The van der Waals surface area contributed by atoms with Gasteiger partial charge in [0.2, 0.25) is 0 Å². The molecule has 0 fully saturated rings. The zero-order valence-corrected chi connectivity index (χ0v) is 5.45. The summed E-state index contributed by atoms with van der Waals surface area (Å²) in [6, 6.07) is 0. The number of rotatable bonds is 5. The van der Waals surface area contributed by atoms with Crippen LogP contribution in [0.4, 0.5) is 0 Å². The second-order valence-corrected chi connectivity index (χ2v) is 1.90. The second kappa shape index (κ2) is 7.01. The smallest absolute Gasteiger partial charge is 0.107 e. The molecule has 0 saturated carbocycles. The van der Waals surface area contributed by atoms with E-state index in [1.165, 1.54) is 12.0 Å². The highest BCUT2D eigenvalue weighted by Gasteiger charge is 1.82. The summed E-state index contributed by atoms with van der Waals surface area (Å²) in [7, 11) is 0. The molecule has 0 saturated heterocycles. The Bertz CT molecular complexity index is 56.4. The lowest BCUT2D eigenvalue weighted by atomic mass is 10.8. The van der Waals surface area contributed by atoms with Gasteiger partial charge < -0.3 is 4.18 Å². The Morgan fingerprint density at radius 2 is 2.50 bits per heavy atom. The van der Waals surface area contributed by atoms with Gasteiger partial charge in [-0.15, -0.1) is 6.58 Å². The Morgan fingerprint density at radius 1 is 1.75 bits per heavy atom. The van der Waals surface area contributed by atoms with Crippen LogP contribution >= 0.6 is 12.0 Å². The molecular weight excluding hydrogens is 124 g/mol. The first-order valence-electron chi connectivity index (χ1n) is 2.35. The molecule has 0 aromatic carbocycles. The molecule has 3 heteroatoms. The van der Waals surface area contributed by atoms with Gasteiger partial charge in [-0.25, -0.2) is 5.11 Å². The van der Waals surface area contributed by atoms with Crippen molar-refractivity contribution in [2.24, 2.45) is 0 Å². The molecule has 47 valence electrons. The van der Waals surface area contributed by atoms with Gasteiger partial charge in [0.05, 0.1) is 6.61 Å². The summed E-state index contributed by atoms with van der Waals surface area (Å²) in [6.45, 7) is 3.61. The van der Waals surface area contributed by atoms with Gasteiger partial charge in [-0.3, -0.25) is 0 Å². The van der Waals surface area contributed by atoms with E-state index in [2.05, 4.69) is 6.58 Å². The van der Waals surface area contributed by atoms with Crippen LogP contribution in [0.25, 0.3) is 0 Å². The third-order valence-corrected chi connectivity index (χ3v) is 1.14. The molecule has 0 heterocycles. The fourth-order valence-corrected chi connectivity index (χ4v) is 0.568. The molecule has 0 N–H and O–H groups in total. The first-order chi connectivity index (χ1) is 3.91. The molecule has 0 aromatic rings. The minimum atomic E-state index is -0.163. The summed E-state index contributed by atoms with van der Waals surface area (Å²) in [4.78, 5) is 0. The molecule has 8 heavy (non-hydrogen) atoms. The van der Waals surface area contributed by atoms with Crippen molar-refractivity contribution in [2.75, 3.05) is 19.0 Å². The summed E-state index contributed by atoms with van der Waals surface area (Å²) in [5.41, 5.74) is 0. The highest BCUT2D eigenvalue weighted by Crippen LogP contribution is 1.99. The molecular formula is C5H9O2S. The fourth-order valence-electron chi connectivity index (χ4n) is 0.189. The SMILES string of the molecule is C=CCSOCC[O]. The molecule has 2 nitrogen and oxygen atoms in total. The maximum Gasteiger partial charge on any atom is 0.107 e. The van der Waals surface area contributed by atoms with Crippen molar-refractivity contribution in [1.82, 2.24) is 0 Å². The largest absolute Gasteiger partial charge is 0.312 e. The lowest BCUT2D eigenvalue weighted by molar-refractivity contribution is 0.149. The summed E-state index contributed by atoms with van der Waals surface area (Å²) in [6.07, 6.45) is 1.73. The average molecular weight is 133 g/mol. The van der Waals surface area contributed by atoms with Gasteiger partial charge in [0, 0.05) is 5.75 Å². The van der Waals surface area contributed by atoms with Crippen LogP contribution in [0.3, 0.4) is 0 Å². The van der Waals surface area contributed by atoms with E-state index in [9.17, 15) is 5.11 Å². The Hall–Kier alpha value is 0.01000. The first-order valence-corrected chi connectivity index (χ1v) is 3.26. The molecule has 0 aliphatic carbocycles. The predicted octanol–water partition coefficient (Wildman–Crippen LogP) is 1.27. The van der Waals surface area contributed by atoms with Gasteiger partial charge in [0.1, 0.15) is 6.61 Å². The minimum absolute atomic E-state index is 0.163. The first kappa shape index (κ1) is 8.01. The Labute approximate surface area is 53.7 Å². The van der Waals surface area contributed by atoms with Gasteiger partial charge in [0.15, 0.2) is 0 Å². The van der Waals surface area contributed by atoms with Crippen LogP contribution in [0, 0.1) is 0 Å². The third kappa shape index (κ3) is 6.01. The Morgan fingerprint density at radius 3 is 3.00 bits per heavy atom. The van der Waals surface area contributed by atoms with Crippen molar-refractivity contribution in [2.45, 2.75) is 0 Å². The number of hydrogen-bond acceptors (Lipinski definition) is 2. The third-order valence-electron chi connectivity index (χ3n) is 0.436. The van der Waals surface area contributed by atoms with Crippen molar-refractivity contribution in [1.29, 1.82) is 0 Å². The zero-order chi connectivity index (χ0) is 6.24. The van der Waals surface area contributed by atoms with E-state index in [1.54, 1.807) is 6.08 Å². The summed E-state index contributed by atoms with van der Waals surface area (Å²) in [5.74, 6) is 0.750. The van der Waals surface area contributed by atoms with E-state index in [4.69, 9.17) is 4.18 Å². The fraction of sp³-hybridized carbons (Fsp3) is 0.600. The van der Waals surface area contributed by atoms with Crippen LogP contribution in [0.1, 0.15) is 0 Å².